The molecule has 0 aliphatic carbocycles. The van der Waals surface area contributed by atoms with Crippen LogP contribution < -0.4 is 0 Å². The van der Waals surface area contributed by atoms with Crippen LogP contribution in [0.3, 0.4) is 0 Å². The minimum atomic E-state index is -1.05. The average molecular weight is 347 g/mol. The zero-order valence-corrected chi connectivity index (χ0v) is 15.9. The summed E-state index contributed by atoms with van der Waals surface area (Å²) in [5.41, 5.74) is 1.80. The van der Waals surface area contributed by atoms with E-state index in [1.54, 1.807) is 11.3 Å². The topological polar surface area (TPSA) is 52.8 Å². The first kappa shape index (κ1) is 16.3. The van der Waals surface area contributed by atoms with Gasteiger partial charge in [0.1, 0.15) is 23.1 Å². The Kier molecular flexibility index (Phi) is 4.61. The van der Waals surface area contributed by atoms with Gasteiger partial charge >= 0.3 is 0 Å². The van der Waals surface area contributed by atoms with Crippen LogP contribution in [0.25, 0.3) is 21.7 Å². The summed E-state index contributed by atoms with van der Waals surface area (Å²) >= 11 is 1.56. The second-order valence-corrected chi connectivity index (χ2v) is 13.7. The lowest BCUT2D eigenvalue weighted by Crippen LogP contribution is -2.22. The first-order valence-corrected chi connectivity index (χ1v) is 12.3. The molecule has 3 heterocycles. The summed E-state index contributed by atoms with van der Waals surface area (Å²) in [5.74, 6) is 0. The predicted octanol–water partition coefficient (Wildman–Crippen LogP) is 4.18. The van der Waals surface area contributed by atoms with Crippen molar-refractivity contribution in [1.29, 1.82) is 0 Å². The van der Waals surface area contributed by atoms with E-state index in [0.717, 1.165) is 33.3 Å². The zero-order chi connectivity index (χ0) is 16.4. The molecule has 3 aromatic heterocycles. The summed E-state index contributed by atoms with van der Waals surface area (Å²) in [7, 11) is -1.05. The summed E-state index contributed by atoms with van der Waals surface area (Å²) in [4.78, 5) is 4.75. The van der Waals surface area contributed by atoms with Gasteiger partial charge in [-0.15, -0.1) is 10.2 Å². The fourth-order valence-corrected chi connectivity index (χ4v) is 3.64. The van der Waals surface area contributed by atoms with E-state index in [2.05, 4.69) is 46.5 Å². The minimum absolute atomic E-state index is 0.541. The molecule has 0 spiro atoms. The normalized spacial score (nSPS) is 12.2. The number of fused-ring (bicyclic) bond motifs is 1. The number of hydrogen-bond donors (Lipinski definition) is 0. The molecule has 0 amide bonds. The zero-order valence-electron chi connectivity index (χ0n) is 14.0. The van der Waals surface area contributed by atoms with Gasteiger partial charge in [-0.2, -0.15) is 0 Å². The van der Waals surface area contributed by atoms with Crippen LogP contribution in [0.1, 0.15) is 5.01 Å². The van der Waals surface area contributed by atoms with E-state index < -0.39 is 8.07 Å². The first-order valence-electron chi connectivity index (χ1n) is 7.76. The van der Waals surface area contributed by atoms with Gasteiger partial charge in [-0.25, -0.2) is 4.98 Å². The van der Waals surface area contributed by atoms with Crippen molar-refractivity contribution in [3.8, 4) is 10.7 Å². The van der Waals surface area contributed by atoms with E-state index in [-0.39, 0.29) is 0 Å². The molecule has 0 saturated carbocycles. The summed E-state index contributed by atoms with van der Waals surface area (Å²) in [6.07, 6.45) is 2.03. The molecule has 0 atom stereocenters. The van der Waals surface area contributed by atoms with Crippen LogP contribution in [-0.2, 0) is 11.5 Å². The molecular weight excluding hydrogens is 324 g/mol. The third-order valence-electron chi connectivity index (χ3n) is 3.58. The van der Waals surface area contributed by atoms with Gasteiger partial charge in [-0.1, -0.05) is 31.0 Å². The van der Waals surface area contributed by atoms with E-state index in [0.29, 0.717) is 6.73 Å². The highest BCUT2D eigenvalue weighted by Gasteiger charge is 2.13. The first-order chi connectivity index (χ1) is 10.9. The number of aryl methyl sites for hydroxylation is 1. The molecule has 0 radical (unpaired) electrons. The van der Waals surface area contributed by atoms with Gasteiger partial charge < -0.3 is 9.30 Å². The van der Waals surface area contributed by atoms with Crippen molar-refractivity contribution >= 4 is 30.4 Å². The maximum Gasteiger partial charge on any atom is 0.166 e. The van der Waals surface area contributed by atoms with Gasteiger partial charge in [0.15, 0.2) is 5.01 Å². The molecule has 3 aromatic rings. The van der Waals surface area contributed by atoms with E-state index >= 15 is 0 Å². The standard InChI is InChI=1S/C16H22N4OSSi/c1-12-18-19-16(22-12)14-6-5-13-7-8-20(15(13)17-14)11-21-9-10-23(2,3)4/h5-8H,9-11H2,1-4H3. The third-order valence-corrected chi connectivity index (χ3v) is 6.15. The second-order valence-electron chi connectivity index (χ2n) is 6.87. The van der Waals surface area contributed by atoms with Gasteiger partial charge in [0.25, 0.3) is 0 Å². The Balaban J connectivity index is 1.76. The van der Waals surface area contributed by atoms with Crippen molar-refractivity contribution in [3.05, 3.63) is 29.4 Å². The monoisotopic (exact) mass is 346 g/mol. The molecule has 0 aliphatic rings. The average Bonchev–Trinajstić information content (AvgIpc) is 3.08. The van der Waals surface area contributed by atoms with Crippen LogP contribution in [0.15, 0.2) is 24.4 Å². The fourth-order valence-electron chi connectivity index (χ4n) is 2.22. The van der Waals surface area contributed by atoms with E-state index in [4.69, 9.17) is 9.72 Å². The lowest BCUT2D eigenvalue weighted by Gasteiger charge is -2.15. The highest BCUT2D eigenvalue weighted by Crippen LogP contribution is 2.24. The van der Waals surface area contributed by atoms with Gasteiger partial charge in [-0.05, 0) is 31.2 Å². The lowest BCUT2D eigenvalue weighted by molar-refractivity contribution is 0.0899. The van der Waals surface area contributed by atoms with Crippen molar-refractivity contribution in [2.45, 2.75) is 39.3 Å². The Bertz CT molecular complexity index is 806. The van der Waals surface area contributed by atoms with Crippen molar-refractivity contribution in [2.24, 2.45) is 0 Å². The van der Waals surface area contributed by atoms with Crippen LogP contribution in [0.4, 0.5) is 0 Å². The van der Waals surface area contributed by atoms with Gasteiger partial charge in [0, 0.05) is 26.3 Å². The minimum Gasteiger partial charge on any atom is -0.361 e. The molecule has 122 valence electrons. The number of aromatic nitrogens is 4. The van der Waals surface area contributed by atoms with Crippen LogP contribution in [0, 0.1) is 6.92 Å². The largest absolute Gasteiger partial charge is 0.361 e. The Morgan fingerprint density at radius 2 is 2.00 bits per heavy atom. The predicted molar refractivity (Wildman–Crippen MR) is 97.5 cm³/mol. The van der Waals surface area contributed by atoms with Crippen LogP contribution in [-0.4, -0.2) is 34.4 Å². The molecule has 0 aromatic carbocycles. The summed E-state index contributed by atoms with van der Waals surface area (Å²) in [5, 5.41) is 11.2. The molecule has 0 N–H and O–H groups in total. The molecule has 3 rings (SSSR count). The van der Waals surface area contributed by atoms with Gasteiger partial charge in [0.2, 0.25) is 0 Å². The number of rotatable bonds is 6. The smallest absolute Gasteiger partial charge is 0.166 e. The molecule has 0 unspecified atom stereocenters. The molecule has 23 heavy (non-hydrogen) atoms. The Morgan fingerprint density at radius 1 is 1.17 bits per heavy atom. The highest BCUT2D eigenvalue weighted by atomic mass is 32.1. The quantitative estimate of drug-likeness (QED) is 0.496. The van der Waals surface area contributed by atoms with E-state index in [1.807, 2.05) is 19.2 Å². The van der Waals surface area contributed by atoms with Crippen molar-refractivity contribution in [3.63, 3.8) is 0 Å². The van der Waals surface area contributed by atoms with E-state index in [1.165, 1.54) is 6.04 Å². The lowest BCUT2D eigenvalue weighted by atomic mass is 10.3. The fraction of sp³-hybridized carbons (Fsp3) is 0.438. The number of ether oxygens (including phenoxy) is 1. The maximum absolute atomic E-state index is 5.84. The van der Waals surface area contributed by atoms with Crippen molar-refractivity contribution in [1.82, 2.24) is 19.7 Å². The van der Waals surface area contributed by atoms with Crippen LogP contribution in [0.2, 0.25) is 25.7 Å². The highest BCUT2D eigenvalue weighted by molar-refractivity contribution is 7.14. The summed E-state index contributed by atoms with van der Waals surface area (Å²) in [6, 6.07) is 7.32. The number of hydrogen-bond acceptors (Lipinski definition) is 5. The second kappa shape index (κ2) is 6.50. The van der Waals surface area contributed by atoms with Crippen LogP contribution in [0.5, 0.6) is 0 Å². The number of nitrogens with zero attached hydrogens (tertiary/aromatic N) is 4. The maximum atomic E-state index is 5.84. The van der Waals surface area contributed by atoms with Crippen molar-refractivity contribution in [2.75, 3.05) is 6.61 Å². The van der Waals surface area contributed by atoms with E-state index in [9.17, 15) is 0 Å². The molecule has 7 heteroatoms. The van der Waals surface area contributed by atoms with Gasteiger partial charge in [0.05, 0.1) is 0 Å². The Morgan fingerprint density at radius 3 is 2.70 bits per heavy atom. The van der Waals surface area contributed by atoms with Gasteiger partial charge in [-0.3, -0.25) is 0 Å². The third kappa shape index (κ3) is 4.04. The molecule has 0 bridgehead atoms. The molecular formula is C16H22N4OSSi. The molecule has 0 fully saturated rings. The molecule has 5 nitrogen and oxygen atoms in total. The number of pyridine rings is 1. The Hall–Kier alpha value is -1.57. The van der Waals surface area contributed by atoms with Crippen LogP contribution >= 0.6 is 11.3 Å². The SMILES string of the molecule is Cc1nnc(-c2ccc3ccn(COCC[Si](C)(C)C)c3n2)s1. The molecule has 0 saturated heterocycles. The summed E-state index contributed by atoms with van der Waals surface area (Å²) < 4.78 is 7.90. The molecule has 0 aliphatic heterocycles. The van der Waals surface area contributed by atoms with Crippen molar-refractivity contribution < 1.29 is 4.74 Å². The Labute approximate surface area is 141 Å². The summed E-state index contributed by atoms with van der Waals surface area (Å²) in [6.45, 7) is 10.4.